The summed E-state index contributed by atoms with van der Waals surface area (Å²) in [6.07, 6.45) is 3.62. The van der Waals surface area contributed by atoms with Gasteiger partial charge in [-0.05, 0) is 69.1 Å². The molecule has 1 aliphatic rings. The van der Waals surface area contributed by atoms with Crippen LogP contribution in [0.3, 0.4) is 0 Å². The summed E-state index contributed by atoms with van der Waals surface area (Å²) < 4.78 is 5.08. The fraction of sp³-hybridized carbons (Fsp3) is 0.588. The van der Waals surface area contributed by atoms with Crippen LogP contribution in [0.4, 0.5) is 0 Å². The molecule has 1 saturated heterocycles. The normalized spacial score (nSPS) is 16.7. The Kier molecular flexibility index (Phi) is 6.05. The zero-order valence-corrected chi connectivity index (χ0v) is 13.1. The number of nitrogens with zero attached hydrogens (tertiary/aromatic N) is 1. The molecule has 4 nitrogen and oxygen atoms in total. The first kappa shape index (κ1) is 15.8. The molecule has 1 aliphatic heterocycles. The zero-order chi connectivity index (χ0) is 15.1. The molecule has 1 fully saturated rings. The molecule has 2 rings (SSSR count). The number of carbonyl (C=O) groups is 1. The van der Waals surface area contributed by atoms with Gasteiger partial charge >= 0.3 is 0 Å². The smallest absolute Gasteiger partial charge is 0.251 e. The van der Waals surface area contributed by atoms with Crippen molar-refractivity contribution in [3.8, 4) is 5.75 Å². The number of amides is 1. The Morgan fingerprint density at radius 3 is 2.57 bits per heavy atom. The number of likely N-dealkylation sites (tertiary alicyclic amines) is 1. The van der Waals surface area contributed by atoms with Gasteiger partial charge in [-0.25, -0.2) is 0 Å². The quantitative estimate of drug-likeness (QED) is 0.819. The summed E-state index contributed by atoms with van der Waals surface area (Å²) in [5.74, 6) is 1.63. The van der Waals surface area contributed by atoms with E-state index in [4.69, 9.17) is 4.74 Å². The van der Waals surface area contributed by atoms with E-state index in [9.17, 15) is 4.79 Å². The third kappa shape index (κ3) is 5.05. The number of carbonyl (C=O) groups excluding carboxylic acids is 1. The van der Waals surface area contributed by atoms with Gasteiger partial charge in [-0.1, -0.05) is 6.92 Å². The van der Waals surface area contributed by atoms with Gasteiger partial charge < -0.3 is 15.0 Å². The van der Waals surface area contributed by atoms with E-state index in [2.05, 4.69) is 17.1 Å². The van der Waals surface area contributed by atoms with E-state index in [-0.39, 0.29) is 5.91 Å². The van der Waals surface area contributed by atoms with Crippen molar-refractivity contribution in [1.82, 2.24) is 10.2 Å². The van der Waals surface area contributed by atoms with Crippen LogP contribution >= 0.6 is 0 Å². The zero-order valence-electron chi connectivity index (χ0n) is 13.1. The van der Waals surface area contributed by atoms with E-state index in [1.807, 2.05) is 12.1 Å². The highest BCUT2D eigenvalue weighted by Crippen LogP contribution is 2.15. The number of benzene rings is 1. The van der Waals surface area contributed by atoms with Crippen LogP contribution in [-0.2, 0) is 0 Å². The second kappa shape index (κ2) is 8.03. The third-order valence-electron chi connectivity index (χ3n) is 4.17. The van der Waals surface area contributed by atoms with Crippen LogP contribution in [0.1, 0.15) is 36.5 Å². The van der Waals surface area contributed by atoms with E-state index < -0.39 is 0 Å². The molecule has 1 aromatic rings. The molecule has 0 aromatic heterocycles. The van der Waals surface area contributed by atoms with E-state index in [1.165, 1.54) is 25.9 Å². The Balaban J connectivity index is 1.64. The van der Waals surface area contributed by atoms with Crippen molar-refractivity contribution >= 4 is 5.91 Å². The highest BCUT2D eigenvalue weighted by atomic mass is 16.5. The topological polar surface area (TPSA) is 41.6 Å². The van der Waals surface area contributed by atoms with Crippen molar-refractivity contribution < 1.29 is 9.53 Å². The lowest BCUT2D eigenvalue weighted by Crippen LogP contribution is -2.35. The van der Waals surface area contributed by atoms with Gasteiger partial charge in [-0.15, -0.1) is 0 Å². The van der Waals surface area contributed by atoms with Crippen molar-refractivity contribution in [2.24, 2.45) is 5.92 Å². The minimum atomic E-state index is -0.00933. The van der Waals surface area contributed by atoms with Crippen molar-refractivity contribution in [3.05, 3.63) is 29.8 Å². The van der Waals surface area contributed by atoms with Gasteiger partial charge in [0.15, 0.2) is 0 Å². The van der Waals surface area contributed by atoms with Crippen molar-refractivity contribution in [1.29, 1.82) is 0 Å². The Morgan fingerprint density at radius 1 is 1.29 bits per heavy atom. The SMILES string of the molecule is COc1ccc(C(=O)NCCCN2CCC(C)CC2)cc1. The van der Waals surface area contributed by atoms with Gasteiger partial charge in [0.05, 0.1) is 7.11 Å². The molecule has 116 valence electrons. The first-order chi connectivity index (χ1) is 10.2. The lowest BCUT2D eigenvalue weighted by Gasteiger charge is -2.30. The monoisotopic (exact) mass is 290 g/mol. The molecule has 21 heavy (non-hydrogen) atoms. The van der Waals surface area contributed by atoms with Crippen molar-refractivity contribution in [2.75, 3.05) is 33.3 Å². The number of hydrogen-bond donors (Lipinski definition) is 1. The van der Waals surface area contributed by atoms with Crippen LogP contribution in [0.15, 0.2) is 24.3 Å². The fourth-order valence-corrected chi connectivity index (χ4v) is 2.63. The maximum Gasteiger partial charge on any atom is 0.251 e. The molecule has 1 amide bonds. The van der Waals surface area contributed by atoms with Gasteiger partial charge in [0.1, 0.15) is 5.75 Å². The van der Waals surface area contributed by atoms with Gasteiger partial charge in [0.25, 0.3) is 5.91 Å². The molecule has 1 heterocycles. The van der Waals surface area contributed by atoms with Gasteiger partial charge in [-0.3, -0.25) is 4.79 Å². The molecule has 1 N–H and O–H groups in total. The molecular formula is C17H26N2O2. The predicted octanol–water partition coefficient (Wildman–Crippen LogP) is 2.55. The first-order valence-corrected chi connectivity index (χ1v) is 7.83. The van der Waals surface area contributed by atoms with Gasteiger partial charge in [-0.2, -0.15) is 0 Å². The van der Waals surface area contributed by atoms with E-state index >= 15 is 0 Å². The van der Waals surface area contributed by atoms with Crippen LogP contribution in [0.25, 0.3) is 0 Å². The van der Waals surface area contributed by atoms with Crippen LogP contribution in [0.5, 0.6) is 5.75 Å². The molecule has 1 aromatic carbocycles. The summed E-state index contributed by atoms with van der Waals surface area (Å²) in [7, 11) is 1.62. The van der Waals surface area contributed by atoms with Crippen LogP contribution in [0, 0.1) is 5.92 Å². The molecule has 0 radical (unpaired) electrons. The molecule has 0 spiro atoms. The highest BCUT2D eigenvalue weighted by molar-refractivity contribution is 5.94. The number of methoxy groups -OCH3 is 1. The van der Waals surface area contributed by atoms with E-state index in [0.29, 0.717) is 5.56 Å². The maximum absolute atomic E-state index is 12.0. The Morgan fingerprint density at radius 2 is 1.95 bits per heavy atom. The summed E-state index contributed by atoms with van der Waals surface area (Å²) in [5, 5.41) is 2.98. The number of nitrogens with one attached hydrogen (secondary N) is 1. The largest absolute Gasteiger partial charge is 0.497 e. The molecule has 0 saturated carbocycles. The minimum Gasteiger partial charge on any atom is -0.497 e. The molecule has 4 heteroatoms. The summed E-state index contributed by atoms with van der Waals surface area (Å²) in [6.45, 7) is 6.54. The molecule has 0 unspecified atom stereocenters. The second-order valence-corrected chi connectivity index (χ2v) is 5.86. The van der Waals surface area contributed by atoms with E-state index in [0.717, 1.165) is 31.2 Å². The fourth-order valence-electron chi connectivity index (χ4n) is 2.63. The molecular weight excluding hydrogens is 264 g/mol. The predicted molar refractivity (Wildman–Crippen MR) is 84.8 cm³/mol. The minimum absolute atomic E-state index is 0.00933. The van der Waals surface area contributed by atoms with Crippen LogP contribution in [-0.4, -0.2) is 44.1 Å². The van der Waals surface area contributed by atoms with Crippen molar-refractivity contribution in [3.63, 3.8) is 0 Å². The number of hydrogen-bond acceptors (Lipinski definition) is 3. The van der Waals surface area contributed by atoms with Gasteiger partial charge in [0, 0.05) is 12.1 Å². The van der Waals surface area contributed by atoms with Crippen LogP contribution in [0.2, 0.25) is 0 Å². The van der Waals surface area contributed by atoms with E-state index in [1.54, 1.807) is 19.2 Å². The molecule has 0 bridgehead atoms. The first-order valence-electron chi connectivity index (χ1n) is 7.83. The standard InChI is InChI=1S/C17H26N2O2/c1-14-8-12-19(13-9-14)11-3-10-18-17(20)15-4-6-16(21-2)7-5-15/h4-7,14H,3,8-13H2,1-2H3,(H,18,20). The Bertz CT molecular complexity index is 437. The summed E-state index contributed by atoms with van der Waals surface area (Å²) in [4.78, 5) is 14.5. The number of rotatable bonds is 6. The highest BCUT2D eigenvalue weighted by Gasteiger charge is 2.14. The molecule has 0 aliphatic carbocycles. The molecule has 0 atom stereocenters. The van der Waals surface area contributed by atoms with Crippen LogP contribution < -0.4 is 10.1 Å². The number of ether oxygens (including phenoxy) is 1. The summed E-state index contributed by atoms with van der Waals surface area (Å²) in [5.41, 5.74) is 0.683. The Labute approximate surface area is 127 Å². The van der Waals surface area contributed by atoms with Gasteiger partial charge in [0.2, 0.25) is 0 Å². The van der Waals surface area contributed by atoms with Crippen molar-refractivity contribution in [2.45, 2.75) is 26.2 Å². The average molecular weight is 290 g/mol. The lowest BCUT2D eigenvalue weighted by atomic mass is 9.99. The number of piperidine rings is 1. The second-order valence-electron chi connectivity index (χ2n) is 5.86. The lowest BCUT2D eigenvalue weighted by molar-refractivity contribution is 0.0950. The third-order valence-corrected chi connectivity index (χ3v) is 4.17. The summed E-state index contributed by atoms with van der Waals surface area (Å²) in [6, 6.07) is 7.20. The summed E-state index contributed by atoms with van der Waals surface area (Å²) >= 11 is 0. The average Bonchev–Trinajstić information content (AvgIpc) is 2.53. The maximum atomic E-state index is 12.0. The Hall–Kier alpha value is -1.55.